The van der Waals surface area contributed by atoms with Crippen LogP contribution in [-0.2, 0) is 49.8 Å². The highest BCUT2D eigenvalue weighted by Crippen LogP contribution is 2.27. The van der Waals surface area contributed by atoms with Crippen molar-refractivity contribution in [3.63, 3.8) is 0 Å². The van der Waals surface area contributed by atoms with Gasteiger partial charge in [0.1, 0.15) is 11.6 Å². The van der Waals surface area contributed by atoms with E-state index in [0.29, 0.717) is 52.2 Å². The van der Waals surface area contributed by atoms with Gasteiger partial charge in [0, 0.05) is 32.2 Å². The van der Waals surface area contributed by atoms with E-state index >= 15 is 0 Å². The molecule has 186 valence electrons. The van der Waals surface area contributed by atoms with E-state index < -0.39 is 29.7 Å². The molecule has 0 aromatic heterocycles. The minimum absolute atomic E-state index is 0.212. The van der Waals surface area contributed by atoms with E-state index in [1.165, 1.54) is 5.56 Å². The van der Waals surface area contributed by atoms with Crippen molar-refractivity contribution in [1.82, 2.24) is 16.0 Å². The second kappa shape index (κ2) is 10.3. The summed E-state index contributed by atoms with van der Waals surface area (Å²) in [5.41, 5.74) is 3.91. The van der Waals surface area contributed by atoms with Gasteiger partial charge in [0.2, 0.25) is 11.8 Å². The zero-order chi connectivity index (χ0) is 24.3. The maximum absolute atomic E-state index is 13.3. The van der Waals surface area contributed by atoms with E-state index in [-0.39, 0.29) is 11.8 Å². The number of fused-ring (bicyclic) bond motifs is 3. The van der Waals surface area contributed by atoms with Crippen LogP contribution < -0.4 is 16.0 Å². The Morgan fingerprint density at radius 2 is 1.79 bits per heavy atom. The zero-order valence-corrected chi connectivity index (χ0v) is 20.2. The number of carbonyl (C=O) groups excluding carboxylic acids is 3. The minimum Gasteiger partial charge on any atom is -0.444 e. The van der Waals surface area contributed by atoms with Crippen molar-refractivity contribution >= 4 is 17.9 Å². The first kappa shape index (κ1) is 24.5. The molecule has 34 heavy (non-hydrogen) atoms. The Kier molecular flexibility index (Phi) is 7.42. The smallest absolute Gasteiger partial charge is 0.407 e. The monoisotopic (exact) mass is 473 g/mol. The molecule has 3 aliphatic rings. The largest absolute Gasteiger partial charge is 0.444 e. The highest BCUT2D eigenvalue weighted by atomic mass is 16.6. The number of carbonyl (C=O) groups is 3. The van der Waals surface area contributed by atoms with Gasteiger partial charge in [0.25, 0.3) is 0 Å². The summed E-state index contributed by atoms with van der Waals surface area (Å²) < 4.78 is 16.6. The average molecular weight is 474 g/mol. The summed E-state index contributed by atoms with van der Waals surface area (Å²) in [5, 5.41) is 8.76. The third kappa shape index (κ3) is 5.88. The Labute approximate surface area is 200 Å². The number of hydrogen-bond acceptors (Lipinski definition) is 6. The molecule has 1 saturated heterocycles. The van der Waals surface area contributed by atoms with Crippen LogP contribution in [0.1, 0.15) is 55.9 Å². The summed E-state index contributed by atoms with van der Waals surface area (Å²) in [6.45, 7) is 7.90. The van der Waals surface area contributed by atoms with Gasteiger partial charge in [-0.3, -0.25) is 9.59 Å². The lowest BCUT2D eigenvalue weighted by molar-refractivity contribution is -0.131. The molecular formula is C25H35N3O6. The Bertz CT molecular complexity index is 941. The maximum Gasteiger partial charge on any atom is 0.407 e. The number of alkyl carbamates (subject to hydrolysis) is 1. The van der Waals surface area contributed by atoms with E-state index in [1.807, 2.05) is 0 Å². The van der Waals surface area contributed by atoms with Crippen LogP contribution in [0.15, 0.2) is 12.1 Å². The van der Waals surface area contributed by atoms with Gasteiger partial charge in [0.15, 0.2) is 0 Å². The fourth-order valence-electron chi connectivity index (χ4n) is 4.85. The van der Waals surface area contributed by atoms with Crippen LogP contribution in [0.3, 0.4) is 0 Å². The molecule has 2 unspecified atom stereocenters. The highest BCUT2D eigenvalue weighted by molar-refractivity contribution is 5.89. The molecule has 4 rings (SSSR count). The highest BCUT2D eigenvalue weighted by Gasteiger charge is 2.35. The number of benzene rings is 1. The Morgan fingerprint density at radius 1 is 1.03 bits per heavy atom. The predicted octanol–water partition coefficient (Wildman–Crippen LogP) is 1.74. The fraction of sp³-hybridized carbons (Fsp3) is 0.640. The molecular weight excluding hydrogens is 438 g/mol. The molecule has 0 bridgehead atoms. The lowest BCUT2D eigenvalue weighted by Crippen LogP contribution is -2.53. The van der Waals surface area contributed by atoms with Gasteiger partial charge < -0.3 is 30.2 Å². The lowest BCUT2D eigenvalue weighted by atomic mass is 9.90. The number of nitrogens with one attached hydrogen (secondary N) is 3. The molecule has 9 heteroatoms. The van der Waals surface area contributed by atoms with Crippen molar-refractivity contribution in [2.45, 2.75) is 77.3 Å². The van der Waals surface area contributed by atoms with Gasteiger partial charge in [-0.1, -0.05) is 12.1 Å². The molecule has 0 aliphatic carbocycles. The van der Waals surface area contributed by atoms with Crippen LogP contribution in [0.4, 0.5) is 4.79 Å². The van der Waals surface area contributed by atoms with Crippen LogP contribution in [-0.4, -0.2) is 55.4 Å². The standard InChI is InChI=1S/C25H35N3O6/c1-25(2,3)34-24(31)28-20-8-11-32-10-7-17(20)22(29)27-21-12-16-5-4-15-6-9-33-14-19(15)18(16)13-26-23(21)30/h4-5,17,20-21H,6-14H2,1-3H3,(H,26,30)(H,27,29)(H,28,31)/t17?,20?,21-/m0/s1. The van der Waals surface area contributed by atoms with Gasteiger partial charge >= 0.3 is 6.09 Å². The van der Waals surface area contributed by atoms with Crippen molar-refractivity contribution < 1.29 is 28.6 Å². The van der Waals surface area contributed by atoms with Crippen molar-refractivity contribution in [2.75, 3.05) is 19.8 Å². The number of ether oxygens (including phenoxy) is 3. The Balaban J connectivity index is 1.47. The van der Waals surface area contributed by atoms with Gasteiger partial charge in [0.05, 0.1) is 19.1 Å². The summed E-state index contributed by atoms with van der Waals surface area (Å²) >= 11 is 0. The van der Waals surface area contributed by atoms with Crippen molar-refractivity contribution in [3.8, 4) is 0 Å². The first-order valence-corrected chi connectivity index (χ1v) is 12.1. The van der Waals surface area contributed by atoms with Crippen molar-refractivity contribution in [3.05, 3.63) is 34.4 Å². The summed E-state index contributed by atoms with van der Waals surface area (Å²) in [5.74, 6) is -1.00. The van der Waals surface area contributed by atoms with Crippen LogP contribution in [0, 0.1) is 5.92 Å². The topological polar surface area (TPSA) is 115 Å². The molecule has 3 N–H and O–H groups in total. The molecule has 0 spiro atoms. The van der Waals surface area contributed by atoms with E-state index in [9.17, 15) is 14.4 Å². The SMILES string of the molecule is CC(C)(C)OC(=O)NC1CCOCCC1C(=O)N[C@H]1Cc2ccc3c(c2CNC1=O)COCC3. The summed E-state index contributed by atoms with van der Waals surface area (Å²) in [6, 6.07) is 3.03. The normalized spacial score (nSPS) is 25.0. The maximum atomic E-state index is 13.3. The van der Waals surface area contributed by atoms with Gasteiger partial charge in [-0.2, -0.15) is 0 Å². The Hall–Kier alpha value is -2.65. The third-order valence-electron chi connectivity index (χ3n) is 6.55. The minimum atomic E-state index is -0.692. The molecule has 3 amide bonds. The predicted molar refractivity (Wildman–Crippen MR) is 124 cm³/mol. The second-order valence-corrected chi connectivity index (χ2v) is 10.2. The average Bonchev–Trinajstić information content (AvgIpc) is 3.09. The molecule has 1 aromatic rings. The first-order chi connectivity index (χ1) is 16.2. The summed E-state index contributed by atoms with van der Waals surface area (Å²) in [4.78, 5) is 38.6. The summed E-state index contributed by atoms with van der Waals surface area (Å²) in [6.07, 6.45) is 1.65. The van der Waals surface area contributed by atoms with Crippen molar-refractivity contribution in [1.29, 1.82) is 0 Å². The van der Waals surface area contributed by atoms with Gasteiger partial charge in [-0.25, -0.2) is 4.79 Å². The van der Waals surface area contributed by atoms with Crippen LogP contribution in [0.25, 0.3) is 0 Å². The van der Waals surface area contributed by atoms with Crippen LogP contribution in [0.2, 0.25) is 0 Å². The molecule has 1 aromatic carbocycles. The molecule has 0 saturated carbocycles. The van der Waals surface area contributed by atoms with Crippen LogP contribution in [0.5, 0.6) is 0 Å². The third-order valence-corrected chi connectivity index (χ3v) is 6.55. The quantitative estimate of drug-likeness (QED) is 0.616. The fourth-order valence-corrected chi connectivity index (χ4v) is 4.85. The van der Waals surface area contributed by atoms with Gasteiger partial charge in [-0.05, 0) is 62.3 Å². The molecule has 3 heterocycles. The molecule has 3 atom stereocenters. The number of hydrogen-bond donors (Lipinski definition) is 3. The number of rotatable bonds is 3. The van der Waals surface area contributed by atoms with Crippen LogP contribution >= 0.6 is 0 Å². The first-order valence-electron chi connectivity index (χ1n) is 12.1. The van der Waals surface area contributed by atoms with E-state index in [2.05, 4.69) is 28.1 Å². The van der Waals surface area contributed by atoms with E-state index in [1.54, 1.807) is 20.8 Å². The number of amides is 3. The zero-order valence-electron chi connectivity index (χ0n) is 20.2. The summed E-state index contributed by atoms with van der Waals surface area (Å²) in [7, 11) is 0. The van der Waals surface area contributed by atoms with E-state index in [4.69, 9.17) is 14.2 Å². The molecule has 1 fully saturated rings. The molecule has 3 aliphatic heterocycles. The lowest BCUT2D eigenvalue weighted by Gasteiger charge is -2.28. The molecule has 0 radical (unpaired) electrons. The van der Waals surface area contributed by atoms with Gasteiger partial charge in [-0.15, -0.1) is 0 Å². The molecule has 9 nitrogen and oxygen atoms in total. The Morgan fingerprint density at radius 3 is 2.59 bits per heavy atom. The second-order valence-electron chi connectivity index (χ2n) is 10.2. The van der Waals surface area contributed by atoms with Crippen molar-refractivity contribution in [2.24, 2.45) is 5.92 Å². The van der Waals surface area contributed by atoms with E-state index in [0.717, 1.165) is 23.1 Å².